The van der Waals surface area contributed by atoms with Gasteiger partial charge in [-0.2, -0.15) is 13.2 Å². The first kappa shape index (κ1) is 14.5. The van der Waals surface area contributed by atoms with Gasteiger partial charge in [-0.05, 0) is 17.5 Å². The molecule has 1 aromatic rings. The average Bonchev–Trinajstić information content (AvgIpc) is 2.26. The van der Waals surface area contributed by atoms with Crippen LogP contribution in [0.15, 0.2) is 24.3 Å². The number of carboxylic acid groups (broad SMARTS) is 1. The summed E-state index contributed by atoms with van der Waals surface area (Å²) in [6, 6.07) is 4.63. The summed E-state index contributed by atoms with van der Waals surface area (Å²) < 4.78 is 38.1. The number of halogens is 3. The minimum atomic E-state index is -4.57. The normalized spacial score (nSPS) is 15.2. The molecule has 0 aliphatic carbocycles. The van der Waals surface area contributed by atoms with Gasteiger partial charge >= 0.3 is 12.1 Å². The number of alkyl halides is 3. The van der Waals surface area contributed by atoms with Crippen LogP contribution in [-0.4, -0.2) is 16.2 Å². The number of aliphatic hydroxyl groups excluding tert-OH is 1. The highest BCUT2D eigenvalue weighted by Crippen LogP contribution is 2.37. The molecule has 2 unspecified atom stereocenters. The Morgan fingerprint density at radius 3 is 2.39 bits per heavy atom. The van der Waals surface area contributed by atoms with Crippen LogP contribution in [0.25, 0.3) is 0 Å². The summed E-state index contributed by atoms with van der Waals surface area (Å²) in [4.78, 5) is 10.5. The smallest absolute Gasteiger partial charge is 0.416 e. The van der Waals surface area contributed by atoms with Gasteiger partial charge in [-0.3, -0.25) is 4.79 Å². The lowest BCUT2D eigenvalue weighted by molar-refractivity contribution is -0.140. The van der Waals surface area contributed by atoms with Crippen molar-refractivity contribution in [1.82, 2.24) is 0 Å². The molecule has 0 bridgehead atoms. The molecule has 6 heteroatoms. The Kier molecular flexibility index (Phi) is 4.34. The van der Waals surface area contributed by atoms with Crippen LogP contribution < -0.4 is 0 Å². The van der Waals surface area contributed by atoms with E-state index >= 15 is 0 Å². The lowest BCUT2D eigenvalue weighted by atomic mass is 9.91. The number of rotatable bonds is 4. The van der Waals surface area contributed by atoms with Crippen molar-refractivity contribution in [2.45, 2.75) is 25.6 Å². The molecule has 0 saturated heterocycles. The van der Waals surface area contributed by atoms with Crippen molar-refractivity contribution in [1.29, 1.82) is 0 Å². The fourth-order valence-corrected chi connectivity index (χ4v) is 1.71. The van der Waals surface area contributed by atoms with Crippen LogP contribution in [-0.2, 0) is 11.0 Å². The first-order valence-electron chi connectivity index (χ1n) is 5.29. The predicted octanol–water partition coefficient (Wildman–Crippen LogP) is 2.85. The lowest BCUT2D eigenvalue weighted by Gasteiger charge is -2.21. The number of hydrogen-bond donors (Lipinski definition) is 2. The van der Waals surface area contributed by atoms with Crippen LogP contribution in [0.4, 0.5) is 13.2 Å². The van der Waals surface area contributed by atoms with E-state index in [0.717, 1.165) is 12.1 Å². The standard InChI is InChI=1S/C12H13F3O3/c1-7(6-10(16)17)11(18)8-4-2-3-5-9(8)12(13,14)15/h2-5,7,11,18H,6H2,1H3,(H,16,17). The number of carboxylic acids is 1. The van der Waals surface area contributed by atoms with Gasteiger partial charge in [-0.15, -0.1) is 0 Å². The average molecular weight is 262 g/mol. The van der Waals surface area contributed by atoms with Crippen molar-refractivity contribution >= 4 is 5.97 Å². The van der Waals surface area contributed by atoms with Gasteiger partial charge in [0.15, 0.2) is 0 Å². The number of aliphatic hydroxyl groups is 1. The van der Waals surface area contributed by atoms with Gasteiger partial charge in [0.2, 0.25) is 0 Å². The van der Waals surface area contributed by atoms with Crippen molar-refractivity contribution in [2.75, 3.05) is 0 Å². The van der Waals surface area contributed by atoms with Crippen molar-refractivity contribution in [3.8, 4) is 0 Å². The Balaban J connectivity index is 3.06. The third-order valence-electron chi connectivity index (χ3n) is 2.62. The molecule has 2 atom stereocenters. The molecule has 0 radical (unpaired) electrons. The third kappa shape index (κ3) is 3.46. The maximum Gasteiger partial charge on any atom is 0.416 e. The van der Waals surface area contributed by atoms with Gasteiger partial charge in [0.1, 0.15) is 0 Å². The van der Waals surface area contributed by atoms with Crippen LogP contribution in [0.2, 0.25) is 0 Å². The number of aliphatic carboxylic acids is 1. The predicted molar refractivity (Wildman–Crippen MR) is 57.8 cm³/mol. The summed E-state index contributed by atoms with van der Waals surface area (Å²) in [6.45, 7) is 1.39. The van der Waals surface area contributed by atoms with Gasteiger partial charge in [0.05, 0.1) is 18.1 Å². The van der Waals surface area contributed by atoms with Crippen LogP contribution in [0.3, 0.4) is 0 Å². The second kappa shape index (κ2) is 5.39. The van der Waals surface area contributed by atoms with E-state index in [1.54, 1.807) is 0 Å². The third-order valence-corrected chi connectivity index (χ3v) is 2.62. The summed E-state index contributed by atoms with van der Waals surface area (Å²) in [5.41, 5.74) is -1.23. The molecule has 3 nitrogen and oxygen atoms in total. The van der Waals surface area contributed by atoms with Crippen molar-refractivity contribution < 1.29 is 28.2 Å². The Labute approximate surface area is 102 Å². The zero-order valence-corrected chi connectivity index (χ0v) is 9.61. The zero-order chi connectivity index (χ0) is 13.9. The van der Waals surface area contributed by atoms with E-state index in [0.29, 0.717) is 0 Å². The largest absolute Gasteiger partial charge is 0.481 e. The summed E-state index contributed by atoms with van der Waals surface area (Å²) in [5, 5.41) is 18.4. The van der Waals surface area contributed by atoms with E-state index in [9.17, 15) is 23.1 Å². The second-order valence-electron chi connectivity index (χ2n) is 4.10. The first-order chi connectivity index (χ1) is 8.23. The monoisotopic (exact) mass is 262 g/mol. The molecule has 18 heavy (non-hydrogen) atoms. The van der Waals surface area contributed by atoms with E-state index in [4.69, 9.17) is 5.11 Å². The first-order valence-corrected chi connectivity index (χ1v) is 5.29. The van der Waals surface area contributed by atoms with E-state index in [1.165, 1.54) is 19.1 Å². The van der Waals surface area contributed by atoms with Crippen LogP contribution >= 0.6 is 0 Å². The maximum atomic E-state index is 12.7. The Hall–Kier alpha value is -1.56. The van der Waals surface area contributed by atoms with E-state index in [2.05, 4.69) is 0 Å². The second-order valence-corrected chi connectivity index (χ2v) is 4.10. The molecule has 0 spiro atoms. The fraction of sp³-hybridized carbons (Fsp3) is 0.417. The van der Waals surface area contributed by atoms with Crippen molar-refractivity contribution in [3.05, 3.63) is 35.4 Å². The van der Waals surface area contributed by atoms with E-state index in [-0.39, 0.29) is 5.56 Å². The molecule has 0 heterocycles. The number of carbonyl (C=O) groups is 1. The maximum absolute atomic E-state index is 12.7. The van der Waals surface area contributed by atoms with Crippen molar-refractivity contribution in [3.63, 3.8) is 0 Å². The van der Waals surface area contributed by atoms with Crippen LogP contribution in [0.5, 0.6) is 0 Å². The van der Waals surface area contributed by atoms with Gasteiger partial charge in [-0.1, -0.05) is 25.1 Å². The quantitative estimate of drug-likeness (QED) is 0.877. The van der Waals surface area contributed by atoms with Crippen LogP contribution in [0.1, 0.15) is 30.6 Å². The molecule has 0 aromatic heterocycles. The molecule has 1 rings (SSSR count). The highest BCUT2D eigenvalue weighted by Gasteiger charge is 2.35. The van der Waals surface area contributed by atoms with Crippen LogP contribution in [0, 0.1) is 5.92 Å². The van der Waals surface area contributed by atoms with Gasteiger partial charge in [0, 0.05) is 0 Å². The summed E-state index contributed by atoms with van der Waals surface area (Å²) >= 11 is 0. The van der Waals surface area contributed by atoms with Gasteiger partial charge in [-0.25, -0.2) is 0 Å². The fourth-order valence-electron chi connectivity index (χ4n) is 1.71. The molecule has 2 N–H and O–H groups in total. The van der Waals surface area contributed by atoms with E-state index < -0.39 is 36.2 Å². The van der Waals surface area contributed by atoms with E-state index in [1.807, 2.05) is 0 Å². The van der Waals surface area contributed by atoms with Crippen molar-refractivity contribution in [2.24, 2.45) is 5.92 Å². The molecule has 1 aromatic carbocycles. The molecular formula is C12H13F3O3. The molecule has 0 aliphatic heterocycles. The molecular weight excluding hydrogens is 249 g/mol. The Morgan fingerprint density at radius 2 is 1.89 bits per heavy atom. The lowest BCUT2D eigenvalue weighted by Crippen LogP contribution is -2.18. The summed E-state index contributed by atoms with van der Waals surface area (Å²) in [6.07, 6.45) is -6.42. The molecule has 0 saturated carbocycles. The topological polar surface area (TPSA) is 57.5 Å². The summed E-state index contributed by atoms with van der Waals surface area (Å²) in [7, 11) is 0. The minimum Gasteiger partial charge on any atom is -0.481 e. The Bertz CT molecular complexity index is 429. The molecule has 0 aliphatic rings. The molecule has 0 fully saturated rings. The Morgan fingerprint density at radius 1 is 1.33 bits per heavy atom. The summed E-state index contributed by atoms with van der Waals surface area (Å²) in [5.74, 6) is -1.96. The zero-order valence-electron chi connectivity index (χ0n) is 9.61. The number of hydrogen-bond acceptors (Lipinski definition) is 2. The van der Waals surface area contributed by atoms with Gasteiger partial charge in [0.25, 0.3) is 0 Å². The SMILES string of the molecule is CC(CC(=O)O)C(O)c1ccccc1C(F)(F)F. The number of benzene rings is 1. The highest BCUT2D eigenvalue weighted by molar-refractivity contribution is 5.67. The minimum absolute atomic E-state index is 0.293. The molecule has 100 valence electrons. The van der Waals surface area contributed by atoms with Gasteiger partial charge < -0.3 is 10.2 Å². The molecule has 0 amide bonds. The highest BCUT2D eigenvalue weighted by atomic mass is 19.4.